The molecule has 0 saturated carbocycles. The fraction of sp³-hybridized carbons (Fsp3) is 0.150. The lowest BCUT2D eigenvalue weighted by Crippen LogP contribution is -2.12. The monoisotopic (exact) mass is 396 g/mol. The summed E-state index contributed by atoms with van der Waals surface area (Å²) in [5.41, 5.74) is 3.51. The molecule has 0 atom stereocenters. The van der Waals surface area contributed by atoms with E-state index in [1.54, 1.807) is 12.1 Å². The molecule has 0 bridgehead atoms. The van der Waals surface area contributed by atoms with Crippen LogP contribution in [0.5, 0.6) is 5.88 Å². The Morgan fingerprint density at radius 1 is 1.32 bits per heavy atom. The number of nitrogens with zero attached hydrogens (tertiary/aromatic N) is 2. The smallest absolute Gasteiger partial charge is 0.373 e. The van der Waals surface area contributed by atoms with Crippen molar-refractivity contribution in [2.24, 2.45) is 4.99 Å². The summed E-state index contributed by atoms with van der Waals surface area (Å²) >= 11 is 0.934. The zero-order chi connectivity index (χ0) is 19.8. The van der Waals surface area contributed by atoms with E-state index in [0.29, 0.717) is 10.6 Å². The van der Waals surface area contributed by atoms with E-state index < -0.39 is 5.97 Å². The SMILES string of the molecule is COC(=O)c1ccc(Cn2c(O)c(C=C3C(C)=Nc4ccccc43)sc2=O)o1. The topological polar surface area (TPSA) is 94.0 Å². The Morgan fingerprint density at radius 3 is 2.89 bits per heavy atom. The Balaban J connectivity index is 1.67. The number of carbonyl (C=O) groups excluding carboxylic acids is 1. The van der Waals surface area contributed by atoms with Gasteiger partial charge in [0.1, 0.15) is 5.76 Å². The number of methoxy groups -OCH3 is 1. The summed E-state index contributed by atoms with van der Waals surface area (Å²) in [5, 5.41) is 10.6. The van der Waals surface area contributed by atoms with Crippen LogP contribution in [-0.4, -0.2) is 28.5 Å². The highest BCUT2D eigenvalue weighted by Gasteiger charge is 2.20. The van der Waals surface area contributed by atoms with E-state index in [1.807, 2.05) is 31.2 Å². The van der Waals surface area contributed by atoms with Crippen molar-refractivity contribution in [3.05, 3.63) is 68.0 Å². The molecule has 2 aromatic heterocycles. The van der Waals surface area contributed by atoms with Gasteiger partial charge in [-0.2, -0.15) is 0 Å². The van der Waals surface area contributed by atoms with Crippen LogP contribution >= 0.6 is 11.3 Å². The maximum atomic E-state index is 12.4. The van der Waals surface area contributed by atoms with Crippen LogP contribution in [0.3, 0.4) is 0 Å². The van der Waals surface area contributed by atoms with E-state index in [9.17, 15) is 14.7 Å². The minimum atomic E-state index is -0.603. The van der Waals surface area contributed by atoms with Gasteiger partial charge in [-0.25, -0.2) is 4.79 Å². The molecule has 3 aromatic rings. The minimum Gasteiger partial charge on any atom is -0.493 e. The van der Waals surface area contributed by atoms with Crippen molar-refractivity contribution in [3.63, 3.8) is 0 Å². The predicted octanol–water partition coefficient (Wildman–Crippen LogP) is 3.69. The van der Waals surface area contributed by atoms with Gasteiger partial charge in [-0.1, -0.05) is 29.5 Å². The molecule has 4 rings (SSSR count). The van der Waals surface area contributed by atoms with Crippen molar-refractivity contribution in [2.75, 3.05) is 7.11 Å². The normalized spacial score (nSPS) is 14.2. The van der Waals surface area contributed by atoms with Crippen molar-refractivity contribution in [1.29, 1.82) is 0 Å². The number of hydrogen-bond donors (Lipinski definition) is 1. The number of fused-ring (bicyclic) bond motifs is 1. The molecule has 0 spiro atoms. The molecule has 1 aliphatic rings. The molecule has 0 amide bonds. The van der Waals surface area contributed by atoms with Gasteiger partial charge in [-0.15, -0.1) is 0 Å². The first-order valence-corrected chi connectivity index (χ1v) is 9.26. The largest absolute Gasteiger partial charge is 0.493 e. The minimum absolute atomic E-state index is 0.00495. The van der Waals surface area contributed by atoms with Gasteiger partial charge >= 0.3 is 10.8 Å². The molecular weight excluding hydrogens is 380 g/mol. The number of allylic oxidation sites excluding steroid dienone is 1. The van der Waals surface area contributed by atoms with E-state index in [0.717, 1.165) is 33.9 Å². The number of para-hydroxylation sites is 1. The zero-order valence-electron chi connectivity index (χ0n) is 15.1. The highest BCUT2D eigenvalue weighted by molar-refractivity contribution is 7.10. The zero-order valence-corrected chi connectivity index (χ0v) is 15.9. The summed E-state index contributed by atoms with van der Waals surface area (Å²) < 4.78 is 11.2. The second-order valence-corrected chi connectivity index (χ2v) is 7.17. The Kier molecular flexibility index (Phi) is 4.48. The first-order chi connectivity index (χ1) is 13.5. The van der Waals surface area contributed by atoms with Crippen LogP contribution in [0.2, 0.25) is 0 Å². The first kappa shape index (κ1) is 18.0. The van der Waals surface area contributed by atoms with Gasteiger partial charge in [0.25, 0.3) is 0 Å². The average Bonchev–Trinajstić information content (AvgIpc) is 3.35. The molecule has 142 valence electrons. The molecular formula is C20H16N2O5S. The Hall–Kier alpha value is -3.39. The summed E-state index contributed by atoms with van der Waals surface area (Å²) in [6, 6.07) is 10.7. The average molecular weight is 396 g/mol. The standard InChI is InChI=1S/C20H16N2O5S/c1-11-14(13-5-3-4-6-15(13)21-11)9-17-18(23)22(20(25)28-17)10-12-7-8-16(27-12)19(24)26-2/h3-9,23H,10H2,1-2H3. The molecule has 3 heterocycles. The fourth-order valence-electron chi connectivity index (χ4n) is 3.02. The van der Waals surface area contributed by atoms with Gasteiger partial charge in [0.05, 0.1) is 24.2 Å². The number of rotatable bonds is 4. The van der Waals surface area contributed by atoms with Gasteiger partial charge in [-0.05, 0) is 31.2 Å². The van der Waals surface area contributed by atoms with Crippen molar-refractivity contribution in [3.8, 4) is 5.88 Å². The maximum Gasteiger partial charge on any atom is 0.373 e. The molecule has 8 heteroatoms. The van der Waals surface area contributed by atoms with Gasteiger partial charge in [0, 0.05) is 16.8 Å². The van der Waals surface area contributed by atoms with E-state index >= 15 is 0 Å². The van der Waals surface area contributed by atoms with E-state index in [4.69, 9.17) is 4.42 Å². The summed E-state index contributed by atoms with van der Waals surface area (Å²) in [4.78, 5) is 28.5. The number of aromatic nitrogens is 1. The maximum absolute atomic E-state index is 12.4. The molecule has 1 aromatic carbocycles. The molecule has 0 saturated heterocycles. The third-order valence-corrected chi connectivity index (χ3v) is 5.32. The van der Waals surface area contributed by atoms with Crippen LogP contribution in [-0.2, 0) is 11.3 Å². The van der Waals surface area contributed by atoms with Crippen LogP contribution < -0.4 is 4.87 Å². The Morgan fingerprint density at radius 2 is 2.11 bits per heavy atom. The highest BCUT2D eigenvalue weighted by Crippen LogP contribution is 2.37. The highest BCUT2D eigenvalue weighted by atomic mass is 32.1. The molecule has 0 unspecified atom stereocenters. The number of thiazole rings is 1. The van der Waals surface area contributed by atoms with Gasteiger partial charge in [0.15, 0.2) is 0 Å². The second-order valence-electron chi connectivity index (χ2n) is 6.17. The second kappa shape index (κ2) is 6.97. The Bertz CT molecular complexity index is 1200. The van der Waals surface area contributed by atoms with E-state index in [-0.39, 0.29) is 23.1 Å². The number of furan rings is 1. The summed E-state index contributed by atoms with van der Waals surface area (Å²) in [5.74, 6) is -0.361. The molecule has 28 heavy (non-hydrogen) atoms. The van der Waals surface area contributed by atoms with Crippen LogP contribution in [0.15, 0.2) is 50.6 Å². The van der Waals surface area contributed by atoms with Gasteiger partial charge < -0.3 is 14.3 Å². The summed E-state index contributed by atoms with van der Waals surface area (Å²) in [6.07, 6.45) is 1.77. The van der Waals surface area contributed by atoms with Crippen LogP contribution in [0.25, 0.3) is 11.6 Å². The number of aromatic hydroxyl groups is 1. The molecule has 1 aliphatic heterocycles. The molecule has 0 radical (unpaired) electrons. The number of hydrogen-bond acceptors (Lipinski definition) is 7. The van der Waals surface area contributed by atoms with Crippen molar-refractivity contribution < 1.29 is 19.1 Å². The number of ether oxygens (including phenoxy) is 1. The number of esters is 1. The van der Waals surface area contributed by atoms with Crippen molar-refractivity contribution >= 4 is 40.4 Å². The molecule has 0 aliphatic carbocycles. The third-order valence-electron chi connectivity index (χ3n) is 4.40. The van der Waals surface area contributed by atoms with Gasteiger partial charge in [0.2, 0.25) is 11.6 Å². The lowest BCUT2D eigenvalue weighted by Gasteiger charge is -2.03. The number of benzene rings is 1. The molecule has 7 nitrogen and oxygen atoms in total. The molecule has 0 fully saturated rings. The Labute approximate surface area is 163 Å². The van der Waals surface area contributed by atoms with E-state index in [1.165, 1.54) is 17.7 Å². The van der Waals surface area contributed by atoms with Crippen LogP contribution in [0.4, 0.5) is 5.69 Å². The van der Waals surface area contributed by atoms with E-state index in [2.05, 4.69) is 9.73 Å². The number of aliphatic imine (C=N–C) groups is 1. The van der Waals surface area contributed by atoms with Crippen molar-refractivity contribution in [2.45, 2.75) is 13.5 Å². The van der Waals surface area contributed by atoms with Crippen LogP contribution in [0, 0.1) is 0 Å². The lowest BCUT2D eigenvalue weighted by molar-refractivity contribution is 0.0563. The van der Waals surface area contributed by atoms with Gasteiger partial charge in [-0.3, -0.25) is 14.4 Å². The predicted molar refractivity (Wildman–Crippen MR) is 106 cm³/mol. The quantitative estimate of drug-likeness (QED) is 0.679. The number of carbonyl (C=O) groups is 1. The summed E-state index contributed by atoms with van der Waals surface area (Å²) in [6.45, 7) is 1.89. The van der Waals surface area contributed by atoms with Crippen molar-refractivity contribution in [1.82, 2.24) is 4.57 Å². The summed E-state index contributed by atoms with van der Waals surface area (Å²) in [7, 11) is 1.26. The van der Waals surface area contributed by atoms with Crippen LogP contribution in [0.1, 0.15) is 33.7 Å². The fourth-order valence-corrected chi connectivity index (χ4v) is 3.85. The third kappa shape index (κ3) is 3.07. The first-order valence-electron chi connectivity index (χ1n) is 8.44. The lowest BCUT2D eigenvalue weighted by atomic mass is 10.0. The molecule has 1 N–H and O–H groups in total.